The lowest BCUT2D eigenvalue weighted by molar-refractivity contribution is -0.384. The minimum absolute atomic E-state index is 0.0259. The van der Waals surface area contributed by atoms with Crippen LogP contribution < -0.4 is 20.3 Å². The maximum absolute atomic E-state index is 11.9. The van der Waals surface area contributed by atoms with Crippen LogP contribution in [-0.4, -0.2) is 53.8 Å². The van der Waals surface area contributed by atoms with Crippen molar-refractivity contribution in [2.24, 2.45) is 0 Å². The van der Waals surface area contributed by atoms with E-state index in [9.17, 15) is 10.1 Å². The van der Waals surface area contributed by atoms with Crippen molar-refractivity contribution in [2.75, 3.05) is 44.5 Å². The molecule has 36 heavy (non-hydrogen) atoms. The van der Waals surface area contributed by atoms with Crippen LogP contribution in [0.25, 0.3) is 22.2 Å². The highest BCUT2D eigenvalue weighted by Gasteiger charge is 2.23. The molecule has 0 saturated heterocycles. The molecule has 3 heterocycles. The van der Waals surface area contributed by atoms with E-state index in [-0.39, 0.29) is 10.6 Å². The molecule has 0 radical (unpaired) electrons. The molecule has 2 aromatic carbocycles. The first kappa shape index (κ1) is 23.6. The zero-order valence-electron chi connectivity index (χ0n) is 20.6. The number of hydrogen-bond donors (Lipinski definition) is 2. The fourth-order valence-corrected chi connectivity index (χ4v) is 4.83. The lowest BCUT2D eigenvalue weighted by Crippen LogP contribution is -2.27. The number of para-hydroxylation sites is 1. The number of nitro groups is 1. The second kappa shape index (κ2) is 9.82. The van der Waals surface area contributed by atoms with E-state index in [0.717, 1.165) is 30.6 Å². The fourth-order valence-electron chi connectivity index (χ4n) is 4.83. The number of nitrogens with one attached hydrogen (secondary N) is 2. The summed E-state index contributed by atoms with van der Waals surface area (Å²) in [5.41, 5.74) is 5.32. The van der Waals surface area contributed by atoms with Gasteiger partial charge in [-0.3, -0.25) is 10.1 Å². The normalized spacial score (nSPS) is 12.5. The third-order valence-electron chi connectivity index (χ3n) is 6.61. The molecule has 0 aliphatic carbocycles. The number of aromatic nitrogens is 3. The van der Waals surface area contributed by atoms with Gasteiger partial charge in [0.2, 0.25) is 5.95 Å². The van der Waals surface area contributed by atoms with Crippen LogP contribution in [-0.2, 0) is 13.0 Å². The number of anilines is 3. The van der Waals surface area contributed by atoms with Gasteiger partial charge in [0.1, 0.15) is 11.4 Å². The summed E-state index contributed by atoms with van der Waals surface area (Å²) in [5.74, 6) is 0.802. The summed E-state index contributed by atoms with van der Waals surface area (Å²) in [7, 11) is 5.20. The Labute approximate surface area is 209 Å². The van der Waals surface area contributed by atoms with Gasteiger partial charge in [-0.1, -0.05) is 18.2 Å². The van der Waals surface area contributed by atoms with Gasteiger partial charge in [-0.05, 0) is 31.5 Å². The summed E-state index contributed by atoms with van der Waals surface area (Å²) < 4.78 is 7.87. The Bertz CT molecular complexity index is 1430. The van der Waals surface area contributed by atoms with Gasteiger partial charge in [0.05, 0.1) is 28.9 Å². The Kier molecular flexibility index (Phi) is 6.43. The molecule has 0 bridgehead atoms. The summed E-state index contributed by atoms with van der Waals surface area (Å²) >= 11 is 0. The zero-order valence-corrected chi connectivity index (χ0v) is 20.6. The van der Waals surface area contributed by atoms with E-state index in [1.165, 1.54) is 29.6 Å². The predicted octanol–water partition coefficient (Wildman–Crippen LogP) is 4.36. The van der Waals surface area contributed by atoms with Crippen molar-refractivity contribution in [3.63, 3.8) is 0 Å². The van der Waals surface area contributed by atoms with Crippen LogP contribution in [0.15, 0.2) is 48.8 Å². The Balaban J connectivity index is 1.51. The van der Waals surface area contributed by atoms with Crippen molar-refractivity contribution < 1.29 is 9.66 Å². The van der Waals surface area contributed by atoms with Crippen molar-refractivity contribution in [2.45, 2.75) is 19.4 Å². The Morgan fingerprint density at radius 3 is 2.92 bits per heavy atom. The molecule has 1 aliphatic heterocycles. The highest BCUT2D eigenvalue weighted by molar-refractivity contribution is 5.97. The topological polar surface area (TPSA) is 110 Å². The number of methoxy groups -OCH3 is 1. The third kappa shape index (κ3) is 4.31. The second-order valence-corrected chi connectivity index (χ2v) is 8.87. The molecular weight excluding hydrogens is 458 g/mol. The van der Waals surface area contributed by atoms with E-state index in [4.69, 9.17) is 9.72 Å². The van der Waals surface area contributed by atoms with Gasteiger partial charge in [-0.2, -0.15) is 0 Å². The molecule has 0 spiro atoms. The average Bonchev–Trinajstić information content (AvgIpc) is 3.28. The molecule has 0 atom stereocenters. The molecule has 0 unspecified atom stereocenters. The standard InChI is InChI=1S/C26H29N7O3/c1-27-11-13-31(2)22-15-24(36-3)21(14-23(22)33(34)35)30-26-28-10-9-20(29-26)19-16-32-12-5-7-17-6-4-8-18(19)25(17)32/h4,6,8-10,14-16,27H,5,7,11-13H2,1-3H3,(H,28,29,30). The molecule has 1 aliphatic rings. The molecule has 0 saturated carbocycles. The number of benzene rings is 2. The quantitative estimate of drug-likeness (QED) is 0.265. The van der Waals surface area contributed by atoms with Crippen molar-refractivity contribution >= 4 is 33.9 Å². The van der Waals surface area contributed by atoms with Gasteiger partial charge in [-0.25, -0.2) is 9.97 Å². The Hall–Kier alpha value is -4.18. The van der Waals surface area contributed by atoms with Crippen molar-refractivity contribution in [1.29, 1.82) is 0 Å². The first-order chi connectivity index (χ1) is 17.5. The third-order valence-corrected chi connectivity index (χ3v) is 6.61. The van der Waals surface area contributed by atoms with E-state index in [2.05, 4.69) is 44.6 Å². The van der Waals surface area contributed by atoms with E-state index in [0.29, 0.717) is 36.2 Å². The molecule has 0 fully saturated rings. The first-order valence-corrected chi connectivity index (χ1v) is 11.9. The van der Waals surface area contributed by atoms with Crippen molar-refractivity contribution in [1.82, 2.24) is 19.9 Å². The molecule has 10 nitrogen and oxygen atoms in total. The van der Waals surface area contributed by atoms with E-state index in [1.807, 2.05) is 25.1 Å². The summed E-state index contributed by atoms with van der Waals surface area (Å²) in [6.07, 6.45) is 6.05. The summed E-state index contributed by atoms with van der Waals surface area (Å²) in [6, 6.07) is 11.4. The predicted molar refractivity (Wildman–Crippen MR) is 141 cm³/mol. The lowest BCUT2D eigenvalue weighted by atomic mass is 10.0. The maximum Gasteiger partial charge on any atom is 0.294 e. The Morgan fingerprint density at radius 2 is 2.14 bits per heavy atom. The minimum atomic E-state index is -0.388. The number of likely N-dealkylation sites (N-methyl/N-ethyl adjacent to an activating group) is 2. The molecule has 2 aromatic heterocycles. The van der Waals surface area contributed by atoms with Crippen LogP contribution in [0.5, 0.6) is 5.75 Å². The van der Waals surface area contributed by atoms with Crippen molar-refractivity contribution in [3.8, 4) is 17.0 Å². The van der Waals surface area contributed by atoms with Gasteiger partial charge in [0, 0.05) is 62.2 Å². The highest BCUT2D eigenvalue weighted by Crippen LogP contribution is 2.39. The summed E-state index contributed by atoms with van der Waals surface area (Å²) in [4.78, 5) is 22.5. The Morgan fingerprint density at radius 1 is 1.28 bits per heavy atom. The van der Waals surface area contributed by atoms with Gasteiger partial charge < -0.3 is 24.8 Å². The van der Waals surface area contributed by atoms with Crippen LogP contribution in [0.3, 0.4) is 0 Å². The number of ether oxygens (including phenoxy) is 1. The monoisotopic (exact) mass is 487 g/mol. The van der Waals surface area contributed by atoms with Crippen LogP contribution >= 0.6 is 0 Å². The number of rotatable bonds is 9. The molecule has 5 rings (SSSR count). The smallest absolute Gasteiger partial charge is 0.294 e. The molecule has 186 valence electrons. The largest absolute Gasteiger partial charge is 0.494 e. The van der Waals surface area contributed by atoms with Gasteiger partial charge in [-0.15, -0.1) is 0 Å². The van der Waals surface area contributed by atoms with E-state index >= 15 is 0 Å². The minimum Gasteiger partial charge on any atom is -0.494 e. The van der Waals surface area contributed by atoms with Gasteiger partial charge >= 0.3 is 0 Å². The molecular formula is C26H29N7O3. The summed E-state index contributed by atoms with van der Waals surface area (Å²) in [5, 5.41) is 19.3. The highest BCUT2D eigenvalue weighted by atomic mass is 16.6. The van der Waals surface area contributed by atoms with Crippen LogP contribution in [0, 0.1) is 10.1 Å². The fraction of sp³-hybridized carbons (Fsp3) is 0.308. The van der Waals surface area contributed by atoms with E-state index in [1.54, 1.807) is 12.3 Å². The van der Waals surface area contributed by atoms with E-state index < -0.39 is 0 Å². The van der Waals surface area contributed by atoms with Crippen LogP contribution in [0.4, 0.5) is 23.0 Å². The van der Waals surface area contributed by atoms with Crippen LogP contribution in [0.2, 0.25) is 0 Å². The number of nitro benzene ring substituents is 1. The zero-order chi connectivity index (χ0) is 25.2. The molecule has 0 amide bonds. The second-order valence-electron chi connectivity index (χ2n) is 8.87. The number of hydrogen-bond acceptors (Lipinski definition) is 8. The number of nitrogens with zero attached hydrogens (tertiary/aromatic N) is 5. The lowest BCUT2D eigenvalue weighted by Gasteiger charge is -2.21. The van der Waals surface area contributed by atoms with Crippen molar-refractivity contribution in [3.05, 3.63) is 64.5 Å². The molecule has 4 aromatic rings. The van der Waals surface area contributed by atoms with Gasteiger partial charge in [0.25, 0.3) is 5.69 Å². The molecule has 10 heteroatoms. The average molecular weight is 488 g/mol. The van der Waals surface area contributed by atoms with Crippen LogP contribution in [0.1, 0.15) is 12.0 Å². The SMILES string of the molecule is CNCCN(C)c1cc(OC)c(Nc2nccc(-c3cn4c5c(cccc35)CCC4)n2)cc1[N+](=O)[O-]. The first-order valence-electron chi connectivity index (χ1n) is 11.9. The summed E-state index contributed by atoms with van der Waals surface area (Å²) in [6.45, 7) is 2.28. The number of aryl methyl sites for hydroxylation is 2. The van der Waals surface area contributed by atoms with Gasteiger partial charge in [0.15, 0.2) is 0 Å². The molecule has 2 N–H and O–H groups in total. The maximum atomic E-state index is 11.9.